The molecular weight excluding hydrogens is 685 g/mol. The van der Waals surface area contributed by atoms with Gasteiger partial charge in [0.2, 0.25) is 0 Å². The number of nitrogens with zero attached hydrogens (tertiary/aromatic N) is 1. The van der Waals surface area contributed by atoms with Crippen molar-refractivity contribution in [3.8, 4) is 0 Å². The zero-order valence-corrected chi connectivity index (χ0v) is 26.0. The zero-order chi connectivity index (χ0) is 30.7. The molecular formula is C29H29ClINO10. The highest BCUT2D eigenvalue weighted by Gasteiger charge is 2.53. The van der Waals surface area contributed by atoms with Crippen LogP contribution in [0.2, 0.25) is 5.02 Å². The second-order valence-electron chi connectivity index (χ2n) is 9.67. The largest absolute Gasteiger partial charge is 0.463 e. The lowest BCUT2D eigenvalue weighted by Crippen LogP contribution is -2.60. The number of aliphatic hydroxyl groups excluding tert-OH is 1. The van der Waals surface area contributed by atoms with Crippen molar-refractivity contribution in [3.05, 3.63) is 68.4 Å². The van der Waals surface area contributed by atoms with Crippen LogP contribution in [0.4, 0.5) is 0 Å². The van der Waals surface area contributed by atoms with Gasteiger partial charge < -0.3 is 33.4 Å². The summed E-state index contributed by atoms with van der Waals surface area (Å²) in [6.07, 6.45) is -5.81. The maximum Gasteiger partial charge on any atom is 0.303 e. The number of carbonyl (C=O) groups is 4. The highest BCUT2D eigenvalue weighted by Crippen LogP contribution is 2.41. The molecule has 1 aliphatic heterocycles. The summed E-state index contributed by atoms with van der Waals surface area (Å²) in [5.74, 6) is -2.81. The van der Waals surface area contributed by atoms with Gasteiger partial charge in [-0.2, -0.15) is 0 Å². The van der Waals surface area contributed by atoms with Gasteiger partial charge >= 0.3 is 23.9 Å². The molecule has 11 nitrogen and oxygen atoms in total. The molecule has 0 aliphatic carbocycles. The first-order chi connectivity index (χ1) is 19.9. The van der Waals surface area contributed by atoms with E-state index in [1.165, 1.54) is 13.8 Å². The first kappa shape index (κ1) is 31.7. The number of rotatable bonds is 8. The van der Waals surface area contributed by atoms with Gasteiger partial charge in [0.05, 0.1) is 10.5 Å². The Morgan fingerprint density at radius 3 is 2.10 bits per heavy atom. The van der Waals surface area contributed by atoms with Crippen molar-refractivity contribution in [3.63, 3.8) is 0 Å². The smallest absolute Gasteiger partial charge is 0.303 e. The van der Waals surface area contributed by atoms with Gasteiger partial charge in [-0.25, -0.2) is 0 Å². The number of hydrogen-bond donors (Lipinski definition) is 1. The molecule has 1 aliphatic rings. The minimum atomic E-state index is -1.35. The van der Waals surface area contributed by atoms with Crippen LogP contribution in [0, 0.1) is 3.57 Å². The summed E-state index contributed by atoms with van der Waals surface area (Å²) in [6.45, 7) is 4.31. The third kappa shape index (κ3) is 7.05. The van der Waals surface area contributed by atoms with Crippen molar-refractivity contribution in [2.75, 3.05) is 6.61 Å². The third-order valence-corrected chi connectivity index (χ3v) is 7.59. The van der Waals surface area contributed by atoms with Gasteiger partial charge in [0.25, 0.3) is 0 Å². The van der Waals surface area contributed by atoms with Gasteiger partial charge in [0, 0.05) is 48.4 Å². The summed E-state index contributed by atoms with van der Waals surface area (Å²) in [7, 11) is 0. The molecule has 1 fully saturated rings. The van der Waals surface area contributed by atoms with Crippen molar-refractivity contribution >= 4 is 69.0 Å². The lowest BCUT2D eigenvalue weighted by Gasteiger charge is -2.44. The number of ether oxygens (including phenoxy) is 5. The summed E-state index contributed by atoms with van der Waals surface area (Å²) < 4.78 is 30.8. The summed E-state index contributed by atoms with van der Waals surface area (Å²) in [5.41, 5.74) is 1.54. The van der Waals surface area contributed by atoms with Crippen LogP contribution in [0.5, 0.6) is 0 Å². The molecule has 0 saturated carbocycles. The molecule has 1 saturated heterocycles. The van der Waals surface area contributed by atoms with Crippen LogP contribution < -0.4 is 0 Å². The van der Waals surface area contributed by atoms with E-state index in [0.717, 1.165) is 17.4 Å². The molecule has 2 aromatic carbocycles. The number of benzene rings is 2. The maximum absolute atomic E-state index is 12.3. The topological polar surface area (TPSA) is 140 Å². The van der Waals surface area contributed by atoms with Crippen LogP contribution in [-0.2, 0) is 42.9 Å². The van der Waals surface area contributed by atoms with Gasteiger partial charge in [-0.15, -0.1) is 0 Å². The monoisotopic (exact) mass is 713 g/mol. The van der Waals surface area contributed by atoms with Gasteiger partial charge in [0.15, 0.2) is 24.5 Å². The van der Waals surface area contributed by atoms with E-state index >= 15 is 0 Å². The summed E-state index contributed by atoms with van der Waals surface area (Å²) >= 11 is 8.81. The van der Waals surface area contributed by atoms with Crippen molar-refractivity contribution in [1.29, 1.82) is 0 Å². The molecule has 3 aromatic rings. The van der Waals surface area contributed by atoms with Gasteiger partial charge in [-0.1, -0.05) is 29.8 Å². The molecule has 0 amide bonds. The average Bonchev–Trinajstić information content (AvgIpc) is 3.30. The Bertz CT molecular complexity index is 1490. The molecule has 0 radical (unpaired) electrons. The highest BCUT2D eigenvalue weighted by molar-refractivity contribution is 14.1. The standard InChI is InChI=1S/C29H29ClINO10/c1-14(33)38-13-23-26(39-15(2)34)27(40-16(3)35)28(41-17(4)36)29(42-23)32-12-20(24-21(30)6-5-7-22(24)32)25(37)18-8-10-19(31)11-9-18/h5-12,23,25-29,37H,13H2,1-4H3/t23-,25?,26-,27+,28-,29-/m1/s1. The Balaban J connectivity index is 1.91. The molecule has 42 heavy (non-hydrogen) atoms. The Morgan fingerprint density at radius 2 is 1.50 bits per heavy atom. The summed E-state index contributed by atoms with van der Waals surface area (Å²) in [6, 6.07) is 12.4. The molecule has 0 spiro atoms. The van der Waals surface area contributed by atoms with E-state index in [1.807, 2.05) is 12.1 Å². The Kier molecular flexibility index (Phi) is 10.1. The van der Waals surface area contributed by atoms with Crippen molar-refractivity contribution in [1.82, 2.24) is 4.57 Å². The minimum absolute atomic E-state index is 0.344. The lowest BCUT2D eigenvalue weighted by atomic mass is 9.97. The van der Waals surface area contributed by atoms with Crippen molar-refractivity contribution in [2.45, 2.75) is 64.4 Å². The second kappa shape index (κ2) is 13.4. The van der Waals surface area contributed by atoms with E-state index in [9.17, 15) is 24.3 Å². The first-order valence-electron chi connectivity index (χ1n) is 12.9. The quantitative estimate of drug-likeness (QED) is 0.205. The molecule has 13 heteroatoms. The average molecular weight is 714 g/mol. The number of aliphatic hydroxyl groups is 1. The van der Waals surface area contributed by atoms with Crippen molar-refractivity contribution in [2.24, 2.45) is 0 Å². The molecule has 1 N–H and O–H groups in total. The van der Waals surface area contributed by atoms with Crippen LogP contribution in [0.3, 0.4) is 0 Å². The number of carbonyl (C=O) groups excluding carboxylic acids is 4. The lowest BCUT2D eigenvalue weighted by molar-refractivity contribution is -0.267. The predicted octanol–water partition coefficient (Wildman–Crippen LogP) is 4.24. The maximum atomic E-state index is 12.3. The fourth-order valence-electron chi connectivity index (χ4n) is 4.97. The van der Waals surface area contributed by atoms with Crippen LogP contribution in [0.15, 0.2) is 48.7 Å². The molecule has 6 atom stereocenters. The third-order valence-electron chi connectivity index (χ3n) is 6.56. The van der Waals surface area contributed by atoms with E-state index in [-0.39, 0.29) is 6.61 Å². The predicted molar refractivity (Wildman–Crippen MR) is 157 cm³/mol. The Labute approximate surface area is 260 Å². The summed E-state index contributed by atoms with van der Waals surface area (Å²) in [4.78, 5) is 48.3. The van der Waals surface area contributed by atoms with Crippen LogP contribution >= 0.6 is 34.2 Å². The molecule has 1 aromatic heterocycles. The molecule has 1 unspecified atom stereocenters. The number of halogens is 2. The zero-order valence-electron chi connectivity index (χ0n) is 23.1. The van der Waals surface area contributed by atoms with E-state index in [4.69, 9.17) is 35.3 Å². The van der Waals surface area contributed by atoms with E-state index in [0.29, 0.717) is 27.1 Å². The summed E-state index contributed by atoms with van der Waals surface area (Å²) in [5, 5.41) is 12.3. The fraction of sp³-hybridized carbons (Fsp3) is 0.379. The van der Waals surface area contributed by atoms with Crippen molar-refractivity contribution < 1.29 is 48.0 Å². The van der Waals surface area contributed by atoms with Gasteiger partial charge in [-0.3, -0.25) is 19.2 Å². The number of esters is 4. The normalized spacial score (nSPS) is 22.7. The number of fused-ring (bicyclic) bond motifs is 1. The molecule has 2 heterocycles. The van der Waals surface area contributed by atoms with E-state index < -0.39 is 60.6 Å². The Morgan fingerprint density at radius 1 is 0.905 bits per heavy atom. The number of aromatic nitrogens is 1. The highest BCUT2D eigenvalue weighted by atomic mass is 127. The second-order valence-corrected chi connectivity index (χ2v) is 11.3. The molecule has 0 bridgehead atoms. The SMILES string of the molecule is CC(=O)OC[C@H]1O[C@@H](n2cc(C(O)c3ccc(I)cc3)c3c(Cl)cccc32)[C@H](OC(C)=O)[C@@H](OC(C)=O)[C@@H]1OC(C)=O. The van der Waals surface area contributed by atoms with Gasteiger partial charge in [-0.05, 0) is 52.4 Å². The van der Waals surface area contributed by atoms with E-state index in [1.54, 1.807) is 41.1 Å². The molecule has 224 valence electrons. The molecule has 4 rings (SSSR count). The first-order valence-corrected chi connectivity index (χ1v) is 14.4. The minimum Gasteiger partial charge on any atom is -0.463 e. The van der Waals surface area contributed by atoms with Crippen LogP contribution in [0.1, 0.15) is 51.2 Å². The fourth-order valence-corrected chi connectivity index (χ4v) is 5.61. The van der Waals surface area contributed by atoms with Crippen LogP contribution in [0.25, 0.3) is 10.9 Å². The van der Waals surface area contributed by atoms with Crippen LogP contribution in [-0.4, -0.2) is 64.6 Å². The number of hydrogen-bond acceptors (Lipinski definition) is 10. The van der Waals surface area contributed by atoms with E-state index in [2.05, 4.69) is 22.6 Å². The van der Waals surface area contributed by atoms with Gasteiger partial charge in [0.1, 0.15) is 18.8 Å². The Hall–Kier alpha value is -3.20.